The fraction of sp³-hybridized carbons (Fsp3) is 0.346. The van der Waals surface area contributed by atoms with E-state index in [4.69, 9.17) is 10.00 Å². The molecule has 166 valence electrons. The molecular formula is C26H28N2O3S. The quantitative estimate of drug-likeness (QED) is 0.249. The number of carbonyl (C=O) groups excluding carboxylic acids is 2. The van der Waals surface area contributed by atoms with Crippen molar-refractivity contribution in [2.24, 2.45) is 0 Å². The highest BCUT2D eigenvalue weighted by Crippen LogP contribution is 2.38. The van der Waals surface area contributed by atoms with Gasteiger partial charge in [-0.3, -0.25) is 4.79 Å². The Morgan fingerprint density at radius 1 is 1.16 bits per heavy atom. The third-order valence-electron chi connectivity index (χ3n) is 5.29. The number of thioether (sulfide) groups is 1. The Labute approximate surface area is 194 Å². The summed E-state index contributed by atoms with van der Waals surface area (Å²) in [5.74, 6) is 1.11. The summed E-state index contributed by atoms with van der Waals surface area (Å²) in [5.41, 5.74) is 3.25. The van der Waals surface area contributed by atoms with Crippen LogP contribution in [-0.4, -0.2) is 35.6 Å². The van der Waals surface area contributed by atoms with Gasteiger partial charge in [0.05, 0.1) is 16.5 Å². The van der Waals surface area contributed by atoms with Crippen molar-refractivity contribution in [1.29, 1.82) is 5.26 Å². The van der Waals surface area contributed by atoms with Crippen LogP contribution in [0.25, 0.3) is 6.08 Å². The number of esters is 1. The van der Waals surface area contributed by atoms with Crippen LogP contribution in [0.4, 0.5) is 0 Å². The predicted octanol–water partition coefficient (Wildman–Crippen LogP) is 5.59. The molecule has 1 amide bonds. The van der Waals surface area contributed by atoms with E-state index in [1.165, 1.54) is 11.8 Å². The molecule has 2 aromatic carbocycles. The Balaban J connectivity index is 2.03. The Morgan fingerprint density at radius 2 is 1.78 bits per heavy atom. The minimum Gasteiger partial charge on any atom is -0.422 e. The number of nitriles is 1. The lowest BCUT2D eigenvalue weighted by Gasteiger charge is -2.26. The van der Waals surface area contributed by atoms with Crippen molar-refractivity contribution in [3.05, 3.63) is 69.6 Å². The fourth-order valence-corrected chi connectivity index (χ4v) is 4.56. The van der Waals surface area contributed by atoms with Gasteiger partial charge < -0.3 is 9.64 Å². The molecule has 0 spiro atoms. The van der Waals surface area contributed by atoms with E-state index >= 15 is 0 Å². The van der Waals surface area contributed by atoms with E-state index in [0.717, 1.165) is 22.4 Å². The monoisotopic (exact) mass is 448 g/mol. The van der Waals surface area contributed by atoms with E-state index < -0.39 is 0 Å². The van der Waals surface area contributed by atoms with Crippen molar-refractivity contribution >= 4 is 29.7 Å². The number of rotatable bonds is 6. The first-order chi connectivity index (χ1) is 15.3. The van der Waals surface area contributed by atoms with Crippen LogP contribution in [0.15, 0.2) is 47.4 Å². The van der Waals surface area contributed by atoms with Crippen LogP contribution in [0.5, 0.6) is 5.75 Å². The van der Waals surface area contributed by atoms with E-state index in [2.05, 4.69) is 33.8 Å². The largest absolute Gasteiger partial charge is 0.422 e. The second kappa shape index (κ2) is 10.5. The maximum Gasteiger partial charge on any atom is 0.343 e. The van der Waals surface area contributed by atoms with E-state index in [1.807, 2.05) is 36.4 Å². The normalized spacial score (nSPS) is 15.3. The van der Waals surface area contributed by atoms with Gasteiger partial charge in [-0.25, -0.2) is 4.79 Å². The molecule has 0 atom stereocenters. The highest BCUT2D eigenvalue weighted by molar-refractivity contribution is 8.04. The van der Waals surface area contributed by atoms with Gasteiger partial charge in [-0.2, -0.15) is 5.26 Å². The standard InChI is InChI=1S/C26H28N2O3S/c1-17(2)21-14-19(16-23-25(29)28(11-10-27)12-13-32-23)15-22(18(3)4)24(21)31-26(30)20-8-6-5-7-9-20/h5-9,14-18H,11-13H2,1-4H3. The molecular weight excluding hydrogens is 420 g/mol. The average molecular weight is 449 g/mol. The Bertz CT molecular complexity index is 1040. The minimum absolute atomic E-state index is 0.0968. The van der Waals surface area contributed by atoms with Gasteiger partial charge in [-0.1, -0.05) is 45.9 Å². The molecule has 0 radical (unpaired) electrons. The van der Waals surface area contributed by atoms with E-state index in [-0.39, 0.29) is 30.3 Å². The minimum atomic E-state index is -0.384. The molecule has 32 heavy (non-hydrogen) atoms. The van der Waals surface area contributed by atoms with Gasteiger partial charge >= 0.3 is 5.97 Å². The first-order valence-electron chi connectivity index (χ1n) is 10.8. The molecule has 1 saturated heterocycles. The molecule has 0 bridgehead atoms. The van der Waals surface area contributed by atoms with Crippen molar-refractivity contribution in [3.63, 3.8) is 0 Å². The van der Waals surface area contributed by atoms with Crippen molar-refractivity contribution in [3.8, 4) is 11.8 Å². The van der Waals surface area contributed by atoms with E-state index in [9.17, 15) is 9.59 Å². The molecule has 5 nitrogen and oxygen atoms in total. The maximum absolute atomic E-state index is 12.8. The molecule has 1 fully saturated rings. The van der Waals surface area contributed by atoms with Gasteiger partial charge in [0, 0.05) is 12.3 Å². The number of nitrogens with zero attached hydrogens (tertiary/aromatic N) is 2. The summed E-state index contributed by atoms with van der Waals surface area (Å²) in [5, 5.41) is 8.98. The lowest BCUT2D eigenvalue weighted by molar-refractivity contribution is -0.125. The topological polar surface area (TPSA) is 70.4 Å². The number of amides is 1. The molecule has 6 heteroatoms. The number of benzene rings is 2. The average Bonchev–Trinajstić information content (AvgIpc) is 2.77. The van der Waals surface area contributed by atoms with Crippen LogP contribution >= 0.6 is 11.8 Å². The summed E-state index contributed by atoms with van der Waals surface area (Å²) < 4.78 is 5.92. The smallest absolute Gasteiger partial charge is 0.343 e. The van der Waals surface area contributed by atoms with Gasteiger partial charge in [-0.05, 0) is 58.9 Å². The first-order valence-corrected chi connectivity index (χ1v) is 11.8. The van der Waals surface area contributed by atoms with Gasteiger partial charge in [0.15, 0.2) is 0 Å². The molecule has 0 saturated carbocycles. The second-order valence-corrected chi connectivity index (χ2v) is 9.47. The van der Waals surface area contributed by atoms with E-state index in [0.29, 0.717) is 22.8 Å². The summed E-state index contributed by atoms with van der Waals surface area (Å²) in [7, 11) is 0. The first kappa shape index (κ1) is 23.6. The summed E-state index contributed by atoms with van der Waals surface area (Å²) in [6, 6.07) is 15.0. The predicted molar refractivity (Wildman–Crippen MR) is 129 cm³/mol. The molecule has 1 aliphatic rings. The van der Waals surface area contributed by atoms with Crippen molar-refractivity contribution in [2.45, 2.75) is 39.5 Å². The molecule has 1 aliphatic heterocycles. The zero-order valence-corrected chi connectivity index (χ0v) is 19.7. The summed E-state index contributed by atoms with van der Waals surface area (Å²) >= 11 is 1.51. The summed E-state index contributed by atoms with van der Waals surface area (Å²) in [6.45, 7) is 8.92. The number of carbonyl (C=O) groups is 2. The molecule has 0 unspecified atom stereocenters. The zero-order valence-electron chi connectivity index (χ0n) is 18.9. The molecule has 2 aromatic rings. The van der Waals surface area contributed by atoms with Gasteiger partial charge in [0.25, 0.3) is 5.91 Å². The number of ether oxygens (including phenoxy) is 1. The van der Waals surface area contributed by atoms with Gasteiger partial charge in [-0.15, -0.1) is 11.8 Å². The van der Waals surface area contributed by atoms with Crippen molar-refractivity contribution < 1.29 is 14.3 Å². The Kier molecular flexibility index (Phi) is 7.76. The molecule has 0 aromatic heterocycles. The number of hydrogen-bond donors (Lipinski definition) is 0. The third-order valence-corrected chi connectivity index (χ3v) is 6.28. The lowest BCUT2D eigenvalue weighted by atomic mass is 9.91. The highest BCUT2D eigenvalue weighted by atomic mass is 32.2. The summed E-state index contributed by atoms with van der Waals surface area (Å²) in [6.07, 6.45) is 1.89. The summed E-state index contributed by atoms with van der Waals surface area (Å²) in [4.78, 5) is 27.7. The van der Waals surface area contributed by atoms with Crippen LogP contribution in [0.2, 0.25) is 0 Å². The van der Waals surface area contributed by atoms with Crippen LogP contribution in [0, 0.1) is 11.3 Å². The van der Waals surface area contributed by atoms with Crippen molar-refractivity contribution in [2.75, 3.05) is 18.8 Å². The SMILES string of the molecule is CC(C)c1cc(C=C2SCCN(CC#N)C2=O)cc(C(C)C)c1OC(=O)c1ccccc1. The third kappa shape index (κ3) is 5.41. The fourth-order valence-electron chi connectivity index (χ4n) is 3.56. The zero-order chi connectivity index (χ0) is 23.3. The second-order valence-electron chi connectivity index (χ2n) is 8.34. The molecule has 0 aliphatic carbocycles. The van der Waals surface area contributed by atoms with Crippen LogP contribution in [0.1, 0.15) is 66.6 Å². The van der Waals surface area contributed by atoms with Gasteiger partial charge in [0.1, 0.15) is 12.3 Å². The van der Waals surface area contributed by atoms with Crippen molar-refractivity contribution in [1.82, 2.24) is 4.90 Å². The molecule has 1 heterocycles. The number of hydrogen-bond acceptors (Lipinski definition) is 5. The maximum atomic E-state index is 12.8. The van der Waals surface area contributed by atoms with E-state index in [1.54, 1.807) is 17.0 Å². The molecule has 0 N–H and O–H groups in total. The highest BCUT2D eigenvalue weighted by Gasteiger charge is 2.25. The van der Waals surface area contributed by atoms with Crippen LogP contribution in [-0.2, 0) is 4.79 Å². The van der Waals surface area contributed by atoms with Crippen LogP contribution < -0.4 is 4.74 Å². The van der Waals surface area contributed by atoms with Crippen LogP contribution in [0.3, 0.4) is 0 Å². The lowest BCUT2D eigenvalue weighted by Crippen LogP contribution is -2.37. The van der Waals surface area contributed by atoms with Gasteiger partial charge in [0.2, 0.25) is 0 Å². The Morgan fingerprint density at radius 3 is 2.34 bits per heavy atom. The Hall–Kier alpha value is -3.04. The molecule has 3 rings (SSSR count).